The predicted molar refractivity (Wildman–Crippen MR) is 102 cm³/mol. The molecule has 3 nitrogen and oxygen atoms in total. The van der Waals surface area contributed by atoms with Gasteiger partial charge in [0.25, 0.3) is 0 Å². The number of hydrogen-bond acceptors (Lipinski definition) is 3. The van der Waals surface area contributed by atoms with Crippen LogP contribution in [-0.4, -0.2) is 25.2 Å². The Hall–Kier alpha value is -2.03. The van der Waals surface area contributed by atoms with E-state index in [1.165, 1.54) is 17.7 Å². The van der Waals surface area contributed by atoms with Crippen LogP contribution >= 0.6 is 0 Å². The molecule has 0 N–H and O–H groups in total. The molecule has 1 aliphatic heterocycles. The van der Waals surface area contributed by atoms with Crippen LogP contribution in [0.1, 0.15) is 44.4 Å². The van der Waals surface area contributed by atoms with E-state index in [0.717, 1.165) is 24.5 Å². The van der Waals surface area contributed by atoms with Gasteiger partial charge in [-0.05, 0) is 49.1 Å². The van der Waals surface area contributed by atoms with Crippen LogP contribution in [0.3, 0.4) is 0 Å². The van der Waals surface area contributed by atoms with Crippen LogP contribution in [0, 0.1) is 12.8 Å². The monoisotopic (exact) mass is 326 g/mol. The molecule has 0 aliphatic carbocycles. The number of aromatic nitrogens is 1. The lowest BCUT2D eigenvalue weighted by atomic mass is 9.82. The van der Waals surface area contributed by atoms with E-state index >= 15 is 0 Å². The van der Waals surface area contributed by atoms with Crippen LogP contribution in [0.4, 0.5) is 5.69 Å². The molecule has 0 amide bonds. The summed E-state index contributed by atoms with van der Waals surface area (Å²) in [7, 11) is 1.71. The lowest BCUT2D eigenvalue weighted by Gasteiger charge is -2.39. The first-order valence-electron chi connectivity index (χ1n) is 8.99. The molecule has 2 aromatic rings. The first-order chi connectivity index (χ1) is 11.7. The van der Waals surface area contributed by atoms with Crippen molar-refractivity contribution in [2.24, 2.45) is 5.92 Å². The molecule has 0 bridgehead atoms. The van der Waals surface area contributed by atoms with E-state index in [4.69, 9.17) is 4.74 Å². The summed E-state index contributed by atoms with van der Waals surface area (Å²) < 4.78 is 5.27. The van der Waals surface area contributed by atoms with E-state index in [1.54, 1.807) is 7.11 Å². The van der Waals surface area contributed by atoms with E-state index in [0.29, 0.717) is 11.8 Å². The highest BCUT2D eigenvalue weighted by molar-refractivity contribution is 5.48. The average molecular weight is 326 g/mol. The van der Waals surface area contributed by atoms with Crippen molar-refractivity contribution < 1.29 is 4.74 Å². The molecule has 24 heavy (non-hydrogen) atoms. The molecule has 2 unspecified atom stereocenters. The fourth-order valence-electron chi connectivity index (χ4n) is 3.32. The van der Waals surface area contributed by atoms with Gasteiger partial charge in [-0.3, -0.25) is 4.98 Å². The van der Waals surface area contributed by atoms with E-state index < -0.39 is 0 Å². The summed E-state index contributed by atoms with van der Waals surface area (Å²) in [6, 6.07) is 12.9. The van der Waals surface area contributed by atoms with E-state index in [1.807, 2.05) is 20.0 Å². The van der Waals surface area contributed by atoms with Gasteiger partial charge in [0, 0.05) is 36.6 Å². The number of benzene rings is 1. The quantitative estimate of drug-likeness (QED) is 0.789. The molecule has 0 radical (unpaired) electrons. The zero-order chi connectivity index (χ0) is 17.5. The Morgan fingerprint density at radius 2 is 1.83 bits per heavy atom. The Labute approximate surface area is 146 Å². The summed E-state index contributed by atoms with van der Waals surface area (Å²) in [4.78, 5) is 6.79. The van der Waals surface area contributed by atoms with Crippen LogP contribution in [0.5, 0.6) is 5.75 Å². The van der Waals surface area contributed by atoms with Crippen LogP contribution in [0.2, 0.25) is 0 Å². The number of methoxy groups -OCH3 is 1. The predicted octanol–water partition coefficient (Wildman–Crippen LogP) is 5.05. The fourth-order valence-corrected chi connectivity index (χ4v) is 3.32. The molecule has 0 spiro atoms. The van der Waals surface area contributed by atoms with Gasteiger partial charge in [-0.25, -0.2) is 0 Å². The maximum absolute atomic E-state index is 5.27. The molecule has 2 heterocycles. The van der Waals surface area contributed by atoms with Gasteiger partial charge < -0.3 is 9.64 Å². The Morgan fingerprint density at radius 3 is 2.46 bits per heavy atom. The summed E-state index contributed by atoms with van der Waals surface area (Å²) in [6.45, 7) is 10.6. The largest absolute Gasteiger partial charge is 0.497 e. The van der Waals surface area contributed by atoms with Crippen molar-refractivity contribution in [3.63, 3.8) is 0 Å². The highest BCUT2D eigenvalue weighted by Crippen LogP contribution is 2.34. The Bertz CT molecular complexity index is 624. The Morgan fingerprint density at radius 1 is 1.12 bits per heavy atom. The van der Waals surface area contributed by atoms with Crippen molar-refractivity contribution in [2.45, 2.75) is 40.0 Å². The third-order valence-corrected chi connectivity index (χ3v) is 4.75. The van der Waals surface area contributed by atoms with E-state index in [2.05, 4.69) is 60.1 Å². The molecule has 3 rings (SSSR count). The summed E-state index contributed by atoms with van der Waals surface area (Å²) in [5.74, 6) is 2.19. The molecule has 1 aromatic heterocycles. The normalized spacial score (nSPS) is 20.1. The van der Waals surface area contributed by atoms with Crippen LogP contribution < -0.4 is 9.64 Å². The fraction of sp³-hybridized carbons (Fsp3) is 0.476. The molecule has 2 atom stereocenters. The smallest absolute Gasteiger partial charge is 0.118 e. The first-order valence-corrected chi connectivity index (χ1v) is 8.99. The molecule has 1 fully saturated rings. The van der Waals surface area contributed by atoms with Gasteiger partial charge >= 0.3 is 0 Å². The van der Waals surface area contributed by atoms with Gasteiger partial charge in [-0.1, -0.05) is 32.9 Å². The van der Waals surface area contributed by atoms with Gasteiger partial charge in [-0.15, -0.1) is 0 Å². The SMILES string of the molecule is CC.COc1ccc(C2CN(c3ccnc(C)c3)CCC2C)cc1. The minimum Gasteiger partial charge on any atom is -0.497 e. The molecule has 3 heteroatoms. The lowest BCUT2D eigenvalue weighted by molar-refractivity contribution is 0.378. The van der Waals surface area contributed by atoms with Gasteiger partial charge in [0.15, 0.2) is 0 Å². The summed E-state index contributed by atoms with van der Waals surface area (Å²) >= 11 is 0. The Kier molecular flexibility index (Phi) is 6.65. The van der Waals surface area contributed by atoms with Crippen molar-refractivity contribution in [3.05, 3.63) is 53.9 Å². The van der Waals surface area contributed by atoms with Crippen molar-refractivity contribution in [3.8, 4) is 5.75 Å². The maximum Gasteiger partial charge on any atom is 0.118 e. The van der Waals surface area contributed by atoms with Gasteiger partial charge in [0.1, 0.15) is 5.75 Å². The second-order valence-corrected chi connectivity index (χ2v) is 6.25. The van der Waals surface area contributed by atoms with Crippen LogP contribution in [0.25, 0.3) is 0 Å². The van der Waals surface area contributed by atoms with Crippen molar-refractivity contribution in [2.75, 3.05) is 25.1 Å². The second kappa shape index (κ2) is 8.72. The number of piperidine rings is 1. The summed E-state index contributed by atoms with van der Waals surface area (Å²) in [6.07, 6.45) is 3.13. The molecular weight excluding hydrogens is 296 g/mol. The summed E-state index contributed by atoms with van der Waals surface area (Å²) in [5, 5.41) is 0. The molecule has 1 saturated heterocycles. The number of aryl methyl sites for hydroxylation is 1. The van der Waals surface area contributed by atoms with Crippen molar-refractivity contribution in [1.82, 2.24) is 4.98 Å². The number of nitrogens with zero attached hydrogens (tertiary/aromatic N) is 2. The number of hydrogen-bond donors (Lipinski definition) is 0. The standard InChI is InChI=1S/C19H24N2O.C2H6/c1-14-9-11-21(17-8-10-20-15(2)12-17)13-19(14)16-4-6-18(22-3)7-5-16;1-2/h4-8,10,12,14,19H,9,11,13H2,1-3H3;1-2H3. The zero-order valence-corrected chi connectivity index (χ0v) is 15.6. The summed E-state index contributed by atoms with van der Waals surface area (Å²) in [5.41, 5.74) is 3.78. The number of pyridine rings is 1. The number of anilines is 1. The molecule has 130 valence electrons. The van der Waals surface area contributed by atoms with Gasteiger partial charge in [0.2, 0.25) is 0 Å². The van der Waals surface area contributed by atoms with Crippen LogP contribution in [-0.2, 0) is 0 Å². The van der Waals surface area contributed by atoms with E-state index in [9.17, 15) is 0 Å². The minimum absolute atomic E-state index is 0.563. The highest BCUT2D eigenvalue weighted by Gasteiger charge is 2.27. The van der Waals surface area contributed by atoms with Gasteiger partial charge in [-0.2, -0.15) is 0 Å². The zero-order valence-electron chi connectivity index (χ0n) is 15.6. The maximum atomic E-state index is 5.27. The third-order valence-electron chi connectivity index (χ3n) is 4.75. The molecule has 0 saturated carbocycles. The lowest BCUT2D eigenvalue weighted by Crippen LogP contribution is -2.38. The highest BCUT2D eigenvalue weighted by atomic mass is 16.5. The molecular formula is C21H30N2O. The Balaban J connectivity index is 0.00000100. The van der Waals surface area contributed by atoms with Crippen molar-refractivity contribution in [1.29, 1.82) is 0 Å². The van der Waals surface area contributed by atoms with Crippen molar-refractivity contribution >= 4 is 5.69 Å². The molecule has 1 aromatic carbocycles. The molecule has 1 aliphatic rings. The second-order valence-electron chi connectivity index (χ2n) is 6.25. The average Bonchev–Trinajstić information content (AvgIpc) is 2.64. The van der Waals surface area contributed by atoms with Crippen LogP contribution in [0.15, 0.2) is 42.6 Å². The number of rotatable bonds is 3. The minimum atomic E-state index is 0.563. The first kappa shape index (κ1) is 18.3. The number of ether oxygens (including phenoxy) is 1. The topological polar surface area (TPSA) is 25.4 Å². The third kappa shape index (κ3) is 4.28. The van der Waals surface area contributed by atoms with E-state index in [-0.39, 0.29) is 0 Å². The van der Waals surface area contributed by atoms with Gasteiger partial charge in [0.05, 0.1) is 7.11 Å².